The lowest BCUT2D eigenvalue weighted by Gasteiger charge is -2.25. The quantitative estimate of drug-likeness (QED) is 0.415. The summed E-state index contributed by atoms with van der Waals surface area (Å²) >= 11 is 0. The zero-order valence-electron chi connectivity index (χ0n) is 16.9. The molecule has 0 saturated carbocycles. The van der Waals surface area contributed by atoms with Crippen molar-refractivity contribution in [2.24, 2.45) is 0 Å². The molecular formula is C22H26N3O4+. The van der Waals surface area contributed by atoms with Crippen LogP contribution in [0.5, 0.6) is 5.75 Å². The molecule has 0 radical (unpaired) electrons. The number of carbonyl (C=O) groups excluding carboxylic acids is 2. The molecule has 2 heterocycles. The van der Waals surface area contributed by atoms with Crippen molar-refractivity contribution in [2.75, 3.05) is 34.3 Å². The first-order valence-electron chi connectivity index (χ1n) is 9.55. The van der Waals surface area contributed by atoms with Gasteiger partial charge in [0.1, 0.15) is 11.5 Å². The van der Waals surface area contributed by atoms with Crippen molar-refractivity contribution in [3.05, 3.63) is 65.5 Å². The fourth-order valence-corrected chi connectivity index (χ4v) is 3.52. The normalized spacial score (nSPS) is 18.5. The lowest BCUT2D eigenvalue weighted by Crippen LogP contribution is -3.05. The Morgan fingerprint density at radius 1 is 1.24 bits per heavy atom. The number of aliphatic hydroxyl groups excluding tert-OH is 1. The number of amides is 1. The summed E-state index contributed by atoms with van der Waals surface area (Å²) in [6, 6.07) is 9.68. The van der Waals surface area contributed by atoms with Crippen LogP contribution in [0.25, 0.3) is 5.76 Å². The molecule has 0 bridgehead atoms. The number of benzene rings is 1. The van der Waals surface area contributed by atoms with E-state index < -0.39 is 17.7 Å². The molecule has 1 fully saturated rings. The molecule has 1 amide bonds. The minimum atomic E-state index is -0.684. The minimum Gasteiger partial charge on any atom is -0.507 e. The number of aliphatic hydroxyl groups is 1. The van der Waals surface area contributed by atoms with Crippen LogP contribution < -0.4 is 9.64 Å². The molecule has 152 valence electrons. The van der Waals surface area contributed by atoms with Crippen molar-refractivity contribution >= 4 is 17.4 Å². The number of likely N-dealkylation sites (tertiary alicyclic amines) is 1. The van der Waals surface area contributed by atoms with Gasteiger partial charge in [-0.2, -0.15) is 0 Å². The van der Waals surface area contributed by atoms with Gasteiger partial charge in [0, 0.05) is 30.9 Å². The lowest BCUT2D eigenvalue weighted by molar-refractivity contribution is -0.858. The summed E-state index contributed by atoms with van der Waals surface area (Å²) in [5.74, 6) is -0.944. The lowest BCUT2D eigenvalue weighted by atomic mass is 9.96. The maximum Gasteiger partial charge on any atom is 0.295 e. The third-order valence-corrected chi connectivity index (χ3v) is 4.96. The van der Waals surface area contributed by atoms with Gasteiger partial charge in [-0.1, -0.05) is 18.2 Å². The average Bonchev–Trinajstić information content (AvgIpc) is 2.98. The van der Waals surface area contributed by atoms with Gasteiger partial charge in [-0.15, -0.1) is 0 Å². The molecular weight excluding hydrogens is 370 g/mol. The number of hydrogen-bond acceptors (Lipinski definition) is 5. The van der Waals surface area contributed by atoms with Crippen LogP contribution in [0.2, 0.25) is 0 Å². The number of nitrogens with one attached hydrogen (secondary N) is 1. The molecule has 0 aliphatic carbocycles. The number of aromatic nitrogens is 1. The number of ether oxygens (including phenoxy) is 1. The molecule has 3 rings (SSSR count). The van der Waals surface area contributed by atoms with E-state index in [1.807, 2.05) is 20.2 Å². The summed E-state index contributed by atoms with van der Waals surface area (Å²) in [4.78, 5) is 32.6. The number of hydrogen-bond donors (Lipinski definition) is 2. The maximum atomic E-state index is 12.9. The molecule has 1 aliphatic rings. The van der Waals surface area contributed by atoms with E-state index in [0.29, 0.717) is 23.4 Å². The molecule has 7 heteroatoms. The molecule has 7 nitrogen and oxygen atoms in total. The van der Waals surface area contributed by atoms with E-state index in [9.17, 15) is 14.7 Å². The highest BCUT2D eigenvalue weighted by molar-refractivity contribution is 6.46. The molecule has 1 aliphatic heterocycles. The van der Waals surface area contributed by atoms with Crippen LogP contribution >= 0.6 is 0 Å². The fraction of sp³-hybridized carbons (Fsp3) is 0.318. The Morgan fingerprint density at radius 2 is 2.03 bits per heavy atom. The van der Waals surface area contributed by atoms with Crippen LogP contribution in [-0.4, -0.2) is 61.0 Å². The standard InChI is InChI=1S/C22H25N3O4/c1-24(2)11-6-12-25-19(16-8-5-10-23-14-16)18(21(27)22(25)28)20(26)15-7-4-9-17(13-15)29-3/h4-5,7-10,13-14,19,26H,6,11-12H2,1-3H3/p+1/b20-18+/t19-/m0/s1. The first-order chi connectivity index (χ1) is 13.9. The Balaban J connectivity index is 2.07. The highest BCUT2D eigenvalue weighted by Crippen LogP contribution is 2.39. The summed E-state index contributed by atoms with van der Waals surface area (Å²) in [7, 11) is 5.60. The van der Waals surface area contributed by atoms with Gasteiger partial charge >= 0.3 is 0 Å². The predicted molar refractivity (Wildman–Crippen MR) is 109 cm³/mol. The third-order valence-electron chi connectivity index (χ3n) is 4.96. The second-order valence-electron chi connectivity index (χ2n) is 7.32. The monoisotopic (exact) mass is 396 g/mol. The van der Waals surface area contributed by atoms with Crippen molar-refractivity contribution in [3.8, 4) is 5.75 Å². The second-order valence-corrected chi connectivity index (χ2v) is 7.32. The Kier molecular flexibility index (Phi) is 6.29. The van der Waals surface area contributed by atoms with Crippen LogP contribution in [0.4, 0.5) is 0 Å². The first-order valence-corrected chi connectivity index (χ1v) is 9.55. The number of carbonyl (C=O) groups is 2. The molecule has 1 atom stereocenters. The number of Topliss-reactive ketones (excluding diaryl/α,β-unsaturated/α-hetero) is 1. The first kappa shape index (κ1) is 20.5. The third kappa shape index (κ3) is 4.30. The van der Waals surface area contributed by atoms with E-state index in [-0.39, 0.29) is 11.3 Å². The number of nitrogens with zero attached hydrogens (tertiary/aromatic N) is 2. The fourth-order valence-electron chi connectivity index (χ4n) is 3.52. The summed E-state index contributed by atoms with van der Waals surface area (Å²) in [5, 5.41) is 11.0. The Labute approximate surface area is 170 Å². The Bertz CT molecular complexity index is 925. The number of quaternary nitrogens is 1. The van der Waals surface area contributed by atoms with E-state index >= 15 is 0 Å². The van der Waals surface area contributed by atoms with E-state index in [1.165, 1.54) is 16.9 Å². The smallest absolute Gasteiger partial charge is 0.295 e. The van der Waals surface area contributed by atoms with Crippen LogP contribution in [-0.2, 0) is 9.59 Å². The predicted octanol–water partition coefficient (Wildman–Crippen LogP) is 1.05. The summed E-state index contributed by atoms with van der Waals surface area (Å²) in [6.07, 6.45) is 4.00. The number of methoxy groups -OCH3 is 1. The van der Waals surface area contributed by atoms with Gasteiger partial charge in [-0.3, -0.25) is 14.6 Å². The number of pyridine rings is 1. The zero-order chi connectivity index (χ0) is 21.0. The molecule has 2 aromatic rings. The SMILES string of the molecule is COc1cccc(/C(O)=C2\C(=O)C(=O)N(CCC[NH+](C)C)[C@H]2c2cccnc2)c1. The van der Waals surface area contributed by atoms with Crippen molar-refractivity contribution in [3.63, 3.8) is 0 Å². The van der Waals surface area contributed by atoms with E-state index in [2.05, 4.69) is 4.98 Å². The van der Waals surface area contributed by atoms with Crippen molar-refractivity contribution in [1.82, 2.24) is 9.88 Å². The van der Waals surface area contributed by atoms with Gasteiger partial charge in [-0.25, -0.2) is 0 Å². The van der Waals surface area contributed by atoms with Crippen LogP contribution in [0, 0.1) is 0 Å². The molecule has 2 N–H and O–H groups in total. The van der Waals surface area contributed by atoms with Crippen molar-refractivity contribution in [2.45, 2.75) is 12.5 Å². The average molecular weight is 396 g/mol. The Morgan fingerprint density at radius 3 is 2.69 bits per heavy atom. The van der Waals surface area contributed by atoms with Gasteiger partial charge in [0.05, 0.1) is 39.4 Å². The van der Waals surface area contributed by atoms with Gasteiger partial charge < -0.3 is 19.6 Å². The summed E-state index contributed by atoms with van der Waals surface area (Å²) < 4.78 is 5.22. The molecule has 1 aromatic heterocycles. The minimum absolute atomic E-state index is 0.0773. The molecule has 29 heavy (non-hydrogen) atoms. The van der Waals surface area contributed by atoms with Gasteiger partial charge in [0.15, 0.2) is 0 Å². The second kappa shape index (κ2) is 8.87. The van der Waals surface area contributed by atoms with Crippen molar-refractivity contribution < 1.29 is 24.3 Å². The zero-order valence-corrected chi connectivity index (χ0v) is 16.9. The van der Waals surface area contributed by atoms with Crippen LogP contribution in [0.3, 0.4) is 0 Å². The molecule has 0 unspecified atom stereocenters. The topological polar surface area (TPSA) is 84.2 Å². The van der Waals surface area contributed by atoms with Gasteiger partial charge in [0.2, 0.25) is 0 Å². The number of ketones is 1. The van der Waals surface area contributed by atoms with Crippen LogP contribution in [0.15, 0.2) is 54.4 Å². The number of rotatable bonds is 7. The van der Waals surface area contributed by atoms with Gasteiger partial charge in [0.25, 0.3) is 11.7 Å². The van der Waals surface area contributed by atoms with E-state index in [0.717, 1.165) is 13.0 Å². The van der Waals surface area contributed by atoms with E-state index in [4.69, 9.17) is 4.74 Å². The highest BCUT2D eigenvalue weighted by atomic mass is 16.5. The van der Waals surface area contributed by atoms with E-state index in [1.54, 1.807) is 42.7 Å². The summed E-state index contributed by atoms with van der Waals surface area (Å²) in [5.41, 5.74) is 1.19. The summed E-state index contributed by atoms with van der Waals surface area (Å²) in [6.45, 7) is 1.28. The molecule has 1 saturated heterocycles. The van der Waals surface area contributed by atoms with Crippen molar-refractivity contribution in [1.29, 1.82) is 0 Å². The Hall–Kier alpha value is -3.19. The maximum absolute atomic E-state index is 12.9. The van der Waals surface area contributed by atoms with Gasteiger partial charge in [-0.05, 0) is 23.8 Å². The highest BCUT2D eigenvalue weighted by Gasteiger charge is 2.46. The molecule has 0 spiro atoms. The van der Waals surface area contributed by atoms with Crippen LogP contribution in [0.1, 0.15) is 23.6 Å². The molecule has 1 aromatic carbocycles. The largest absolute Gasteiger partial charge is 0.507 e.